The van der Waals surface area contributed by atoms with Gasteiger partial charge in [-0.1, -0.05) is 18.2 Å². The van der Waals surface area contributed by atoms with E-state index in [9.17, 15) is 4.79 Å². The van der Waals surface area contributed by atoms with E-state index in [0.717, 1.165) is 12.1 Å². The lowest BCUT2D eigenvalue weighted by atomic mass is 10.1. The van der Waals surface area contributed by atoms with Gasteiger partial charge in [-0.3, -0.25) is 4.79 Å². The Hall–Kier alpha value is -2.16. The number of amides is 1. The number of para-hydroxylation sites is 1. The SMILES string of the molecule is Cc1cc[n+]([C@@H](C)C(=O)N2c3ccccc3C[C@@H]2C)cc1. The zero-order valence-corrected chi connectivity index (χ0v) is 12.8. The minimum absolute atomic E-state index is 0.154. The second-order valence-corrected chi connectivity index (χ2v) is 5.89. The Balaban J connectivity index is 1.90. The Morgan fingerprint density at radius 2 is 1.90 bits per heavy atom. The van der Waals surface area contributed by atoms with Gasteiger partial charge in [0.1, 0.15) is 0 Å². The van der Waals surface area contributed by atoms with Gasteiger partial charge in [0.05, 0.1) is 0 Å². The van der Waals surface area contributed by atoms with Crippen LogP contribution in [0.1, 0.15) is 31.0 Å². The van der Waals surface area contributed by atoms with Gasteiger partial charge in [-0.05, 0) is 37.5 Å². The molecule has 1 aromatic heterocycles. The number of rotatable bonds is 2. The molecule has 0 saturated carbocycles. The molecule has 1 aromatic carbocycles. The van der Waals surface area contributed by atoms with Crippen LogP contribution in [0.25, 0.3) is 0 Å². The van der Waals surface area contributed by atoms with Gasteiger partial charge in [-0.15, -0.1) is 0 Å². The van der Waals surface area contributed by atoms with Crippen molar-refractivity contribution in [3.05, 3.63) is 59.9 Å². The lowest BCUT2D eigenvalue weighted by molar-refractivity contribution is -0.705. The van der Waals surface area contributed by atoms with Crippen LogP contribution in [0.5, 0.6) is 0 Å². The van der Waals surface area contributed by atoms with Crippen LogP contribution in [0.2, 0.25) is 0 Å². The maximum atomic E-state index is 12.9. The average molecular weight is 281 g/mol. The number of hydrogen-bond donors (Lipinski definition) is 0. The first-order valence-electron chi connectivity index (χ1n) is 7.46. The topological polar surface area (TPSA) is 24.2 Å². The van der Waals surface area contributed by atoms with Crippen LogP contribution in [0.4, 0.5) is 5.69 Å². The molecule has 0 unspecified atom stereocenters. The monoisotopic (exact) mass is 281 g/mol. The molecule has 0 fully saturated rings. The molecule has 0 aliphatic carbocycles. The van der Waals surface area contributed by atoms with Crippen molar-refractivity contribution in [3.63, 3.8) is 0 Å². The fourth-order valence-corrected chi connectivity index (χ4v) is 3.00. The van der Waals surface area contributed by atoms with Crippen molar-refractivity contribution in [3.8, 4) is 0 Å². The maximum Gasteiger partial charge on any atom is 0.296 e. The van der Waals surface area contributed by atoms with Crippen molar-refractivity contribution in [1.29, 1.82) is 0 Å². The number of fused-ring (bicyclic) bond motifs is 1. The lowest BCUT2D eigenvalue weighted by Gasteiger charge is -2.23. The first-order valence-corrected chi connectivity index (χ1v) is 7.46. The van der Waals surface area contributed by atoms with E-state index in [1.165, 1.54) is 11.1 Å². The van der Waals surface area contributed by atoms with E-state index >= 15 is 0 Å². The molecule has 0 bridgehead atoms. The normalized spacial score (nSPS) is 18.4. The molecule has 2 atom stereocenters. The smallest absolute Gasteiger partial charge is 0.296 e. The molecular formula is C18H21N2O+. The fraction of sp³-hybridized carbons (Fsp3) is 0.333. The van der Waals surface area contributed by atoms with Crippen molar-refractivity contribution in [2.75, 3.05) is 4.90 Å². The van der Waals surface area contributed by atoms with Crippen molar-refractivity contribution in [2.24, 2.45) is 0 Å². The average Bonchev–Trinajstić information content (AvgIpc) is 2.82. The summed E-state index contributed by atoms with van der Waals surface area (Å²) in [6.45, 7) is 6.13. The van der Waals surface area contributed by atoms with Gasteiger partial charge in [0.2, 0.25) is 6.04 Å². The van der Waals surface area contributed by atoms with Gasteiger partial charge >= 0.3 is 0 Å². The third-order valence-electron chi connectivity index (χ3n) is 4.27. The Morgan fingerprint density at radius 3 is 2.62 bits per heavy atom. The summed E-state index contributed by atoms with van der Waals surface area (Å²) < 4.78 is 1.98. The van der Waals surface area contributed by atoms with E-state index in [1.54, 1.807) is 0 Å². The summed E-state index contributed by atoms with van der Waals surface area (Å²) in [5.41, 5.74) is 3.53. The van der Waals surface area contributed by atoms with Crippen LogP contribution < -0.4 is 9.47 Å². The van der Waals surface area contributed by atoms with Gasteiger partial charge < -0.3 is 4.90 Å². The molecule has 0 spiro atoms. The predicted octanol–water partition coefficient (Wildman–Crippen LogP) is 2.82. The largest absolute Gasteiger partial charge is 0.303 e. The molecule has 1 aliphatic heterocycles. The van der Waals surface area contributed by atoms with E-state index in [-0.39, 0.29) is 18.0 Å². The predicted molar refractivity (Wildman–Crippen MR) is 83.2 cm³/mol. The Bertz CT molecular complexity index is 663. The van der Waals surface area contributed by atoms with Crippen LogP contribution >= 0.6 is 0 Å². The van der Waals surface area contributed by atoms with E-state index < -0.39 is 0 Å². The number of anilines is 1. The van der Waals surface area contributed by atoms with Gasteiger partial charge in [-0.2, -0.15) is 4.57 Å². The third kappa shape index (κ3) is 2.44. The summed E-state index contributed by atoms with van der Waals surface area (Å²) in [4.78, 5) is 14.9. The summed E-state index contributed by atoms with van der Waals surface area (Å²) in [5.74, 6) is 0.154. The third-order valence-corrected chi connectivity index (χ3v) is 4.27. The van der Waals surface area contributed by atoms with Crippen molar-refractivity contribution >= 4 is 11.6 Å². The van der Waals surface area contributed by atoms with Gasteiger partial charge in [0.15, 0.2) is 12.4 Å². The molecule has 3 nitrogen and oxygen atoms in total. The van der Waals surface area contributed by atoms with Crippen LogP contribution in [-0.4, -0.2) is 11.9 Å². The van der Waals surface area contributed by atoms with Crippen LogP contribution in [0.15, 0.2) is 48.8 Å². The first kappa shape index (κ1) is 13.8. The molecule has 21 heavy (non-hydrogen) atoms. The molecule has 1 amide bonds. The summed E-state index contributed by atoms with van der Waals surface area (Å²) in [6.07, 6.45) is 4.89. The molecule has 1 aliphatic rings. The highest BCUT2D eigenvalue weighted by Gasteiger charge is 2.36. The molecular weight excluding hydrogens is 260 g/mol. The number of benzene rings is 1. The Labute approximate surface area is 125 Å². The van der Waals surface area contributed by atoms with Crippen molar-refractivity contribution in [1.82, 2.24) is 0 Å². The van der Waals surface area contributed by atoms with E-state index in [4.69, 9.17) is 0 Å². The van der Waals surface area contributed by atoms with E-state index in [0.29, 0.717) is 0 Å². The summed E-state index contributed by atoms with van der Waals surface area (Å²) in [7, 11) is 0. The molecule has 3 rings (SSSR count). The fourth-order valence-electron chi connectivity index (χ4n) is 3.00. The van der Waals surface area contributed by atoms with Crippen molar-refractivity contribution < 1.29 is 9.36 Å². The zero-order chi connectivity index (χ0) is 15.0. The summed E-state index contributed by atoms with van der Waals surface area (Å²) in [5, 5.41) is 0. The second kappa shape index (κ2) is 5.32. The molecule has 0 radical (unpaired) electrons. The molecule has 108 valence electrons. The van der Waals surface area contributed by atoms with Crippen LogP contribution in [0.3, 0.4) is 0 Å². The first-order chi connectivity index (χ1) is 10.1. The van der Waals surface area contributed by atoms with Crippen LogP contribution in [-0.2, 0) is 11.2 Å². The van der Waals surface area contributed by atoms with Crippen LogP contribution in [0, 0.1) is 6.92 Å². The zero-order valence-electron chi connectivity index (χ0n) is 12.8. The standard InChI is InChI=1S/C18H21N2O/c1-13-8-10-19(11-9-13)15(3)18(21)20-14(2)12-16-6-4-5-7-17(16)20/h4-11,14-15H,12H2,1-3H3/q+1/t14-,15-/m0/s1. The number of hydrogen-bond acceptors (Lipinski definition) is 1. The highest BCUT2D eigenvalue weighted by Crippen LogP contribution is 2.32. The summed E-state index contributed by atoms with van der Waals surface area (Å²) >= 11 is 0. The highest BCUT2D eigenvalue weighted by atomic mass is 16.2. The van der Waals surface area contributed by atoms with Gasteiger partial charge in [0.25, 0.3) is 5.91 Å². The number of carbonyl (C=O) groups is 1. The minimum Gasteiger partial charge on any atom is -0.303 e. The van der Waals surface area contributed by atoms with Gasteiger partial charge in [0, 0.05) is 30.8 Å². The number of aromatic nitrogens is 1. The molecule has 0 saturated heterocycles. The number of nitrogens with zero attached hydrogens (tertiary/aromatic N) is 2. The quantitative estimate of drug-likeness (QED) is 0.777. The van der Waals surface area contributed by atoms with Crippen molar-refractivity contribution in [2.45, 2.75) is 39.3 Å². The molecule has 2 aromatic rings. The summed E-state index contributed by atoms with van der Waals surface area (Å²) in [6, 6.07) is 12.3. The molecule has 3 heteroatoms. The Kier molecular flexibility index (Phi) is 3.50. The Morgan fingerprint density at radius 1 is 1.24 bits per heavy atom. The minimum atomic E-state index is -0.195. The molecule has 0 N–H and O–H groups in total. The maximum absolute atomic E-state index is 12.9. The molecule has 2 heterocycles. The number of carbonyl (C=O) groups excluding carboxylic acids is 1. The lowest BCUT2D eigenvalue weighted by Crippen LogP contribution is -2.49. The van der Waals surface area contributed by atoms with E-state index in [1.807, 2.05) is 59.1 Å². The number of aryl methyl sites for hydroxylation is 1. The van der Waals surface area contributed by atoms with E-state index in [2.05, 4.69) is 19.9 Å². The number of pyridine rings is 1. The second-order valence-electron chi connectivity index (χ2n) is 5.89. The highest BCUT2D eigenvalue weighted by molar-refractivity contribution is 5.97. The van der Waals surface area contributed by atoms with Gasteiger partial charge in [-0.25, -0.2) is 0 Å².